The minimum atomic E-state index is -0.0724. The van der Waals surface area contributed by atoms with Crippen molar-refractivity contribution in [1.82, 2.24) is 0 Å². The smallest absolute Gasteiger partial charge is 0.248 e. The van der Waals surface area contributed by atoms with Crippen molar-refractivity contribution in [2.45, 2.75) is 0 Å². The Bertz CT molecular complexity index is 833. The molecule has 3 nitrogen and oxygen atoms in total. The molecule has 0 aliphatic carbocycles. The zero-order chi connectivity index (χ0) is 15.7. The van der Waals surface area contributed by atoms with Crippen LogP contribution in [0.4, 0.5) is 5.69 Å². The Labute approximate surface area is 134 Å². The highest BCUT2D eigenvalue weighted by Crippen LogP contribution is 2.29. The molecule has 0 N–H and O–H groups in total. The number of amides is 1. The van der Waals surface area contributed by atoms with Gasteiger partial charge < -0.3 is 4.90 Å². The number of carbonyl (C=O) groups excluding carboxylic acids is 1. The number of aliphatic imine (C=N–C) groups is 1. The van der Waals surface area contributed by atoms with Crippen LogP contribution >= 0.6 is 11.6 Å². The van der Waals surface area contributed by atoms with Crippen LogP contribution in [0.5, 0.6) is 0 Å². The lowest BCUT2D eigenvalue weighted by molar-refractivity contribution is -0.116. The second kappa shape index (κ2) is 5.67. The lowest BCUT2D eigenvalue weighted by Crippen LogP contribution is -2.27. The molecule has 0 unspecified atom stereocenters. The molecule has 1 heterocycles. The van der Waals surface area contributed by atoms with Gasteiger partial charge in [-0.25, -0.2) is 0 Å². The van der Waals surface area contributed by atoms with Gasteiger partial charge in [-0.05, 0) is 24.3 Å². The number of halogens is 1. The molecule has 0 atom stereocenters. The van der Waals surface area contributed by atoms with Crippen LogP contribution in [0.2, 0.25) is 5.02 Å². The Morgan fingerprint density at radius 3 is 2.73 bits per heavy atom. The molecule has 22 heavy (non-hydrogen) atoms. The van der Waals surface area contributed by atoms with Gasteiger partial charge in [0.15, 0.2) is 0 Å². The lowest BCUT2D eigenvalue weighted by Gasteiger charge is -2.18. The van der Waals surface area contributed by atoms with E-state index >= 15 is 0 Å². The minimum absolute atomic E-state index is 0.0724. The number of hydrogen-bond donors (Lipinski definition) is 0. The number of carbonyl (C=O) groups is 1. The van der Waals surface area contributed by atoms with Gasteiger partial charge in [-0.2, -0.15) is 0 Å². The van der Waals surface area contributed by atoms with Crippen molar-refractivity contribution in [3.8, 4) is 12.3 Å². The summed E-state index contributed by atoms with van der Waals surface area (Å²) in [6, 6.07) is 13.0. The minimum Gasteiger partial charge on any atom is -0.313 e. The van der Waals surface area contributed by atoms with Crippen LogP contribution in [0.25, 0.3) is 0 Å². The third kappa shape index (κ3) is 2.38. The highest BCUT2D eigenvalue weighted by Gasteiger charge is 2.23. The second-order valence-corrected chi connectivity index (χ2v) is 5.38. The molecule has 0 saturated heterocycles. The van der Waals surface area contributed by atoms with Crippen molar-refractivity contribution in [1.29, 1.82) is 0 Å². The predicted molar refractivity (Wildman–Crippen MR) is 89.7 cm³/mol. The second-order valence-electron chi connectivity index (χ2n) is 4.97. The summed E-state index contributed by atoms with van der Waals surface area (Å²) in [7, 11) is 1.74. The molecule has 3 rings (SSSR count). The van der Waals surface area contributed by atoms with Crippen LogP contribution in [-0.2, 0) is 4.79 Å². The summed E-state index contributed by atoms with van der Waals surface area (Å²) in [5.74, 6) is 2.55. The number of fused-ring (bicyclic) bond motifs is 1. The Morgan fingerprint density at radius 2 is 2.00 bits per heavy atom. The van der Waals surface area contributed by atoms with Crippen LogP contribution in [0, 0.1) is 12.3 Å². The third-order valence-corrected chi connectivity index (χ3v) is 3.98. The van der Waals surface area contributed by atoms with Gasteiger partial charge in [-0.1, -0.05) is 35.7 Å². The summed E-state index contributed by atoms with van der Waals surface area (Å²) in [5, 5.41) is 0.593. The molecule has 4 heteroatoms. The Hall–Kier alpha value is -2.57. The van der Waals surface area contributed by atoms with Crippen LogP contribution in [0.15, 0.2) is 47.5 Å². The molecule has 1 aliphatic rings. The molecule has 0 aromatic heterocycles. The zero-order valence-electron chi connectivity index (χ0n) is 12.0. The Kier molecular flexibility index (Phi) is 3.70. The number of likely N-dealkylation sites (N-methyl/N-ethyl adjacent to an activating group) is 1. The number of hydrogen-bond acceptors (Lipinski definition) is 2. The van der Waals surface area contributed by atoms with Gasteiger partial charge in [0.2, 0.25) is 5.91 Å². The molecule has 0 fully saturated rings. The standard InChI is InChI=1S/C18H13ClN2O/c1-3-12-8-9-16-14(10-12)18(20-11-17(22)21(16)2)13-6-4-5-7-15(13)19/h1,4-10H,11H2,2H3. The summed E-state index contributed by atoms with van der Waals surface area (Å²) in [6.45, 7) is 0.0805. The van der Waals surface area contributed by atoms with Crippen LogP contribution in [0.1, 0.15) is 16.7 Å². The molecule has 1 amide bonds. The molecule has 0 bridgehead atoms. The van der Waals surface area contributed by atoms with E-state index in [0.29, 0.717) is 10.7 Å². The maximum absolute atomic E-state index is 12.1. The van der Waals surface area contributed by atoms with Gasteiger partial charge in [0.05, 0.1) is 11.4 Å². The van der Waals surface area contributed by atoms with Crippen LogP contribution in [0.3, 0.4) is 0 Å². The van der Waals surface area contributed by atoms with Crippen molar-refractivity contribution >= 4 is 28.9 Å². The summed E-state index contributed by atoms with van der Waals surface area (Å²) in [5.41, 5.74) is 3.82. The zero-order valence-corrected chi connectivity index (χ0v) is 12.8. The van der Waals surface area contributed by atoms with Crippen molar-refractivity contribution in [2.75, 3.05) is 18.5 Å². The highest BCUT2D eigenvalue weighted by molar-refractivity contribution is 6.36. The van der Waals surface area contributed by atoms with Crippen molar-refractivity contribution in [3.05, 3.63) is 64.2 Å². The van der Waals surface area contributed by atoms with Gasteiger partial charge in [-0.3, -0.25) is 9.79 Å². The fourth-order valence-electron chi connectivity index (χ4n) is 2.46. The van der Waals surface area contributed by atoms with E-state index in [9.17, 15) is 4.79 Å². The normalized spacial score (nSPS) is 14.0. The van der Waals surface area contributed by atoms with Crippen molar-refractivity contribution in [3.63, 3.8) is 0 Å². The van der Waals surface area contributed by atoms with Crippen LogP contribution < -0.4 is 4.90 Å². The number of terminal acetylenes is 1. The highest BCUT2D eigenvalue weighted by atomic mass is 35.5. The fourth-order valence-corrected chi connectivity index (χ4v) is 2.69. The summed E-state index contributed by atoms with van der Waals surface area (Å²) in [6.07, 6.45) is 5.50. The van der Waals surface area contributed by atoms with E-state index in [1.54, 1.807) is 18.0 Å². The molecule has 2 aromatic carbocycles. The van der Waals surface area contributed by atoms with Crippen molar-refractivity contribution in [2.24, 2.45) is 4.99 Å². The number of anilines is 1. The molecule has 108 valence electrons. The van der Waals surface area contributed by atoms with E-state index in [-0.39, 0.29) is 12.5 Å². The van der Waals surface area contributed by atoms with E-state index in [0.717, 1.165) is 22.4 Å². The molecule has 0 saturated carbocycles. The largest absolute Gasteiger partial charge is 0.313 e. The first-order valence-corrected chi connectivity index (χ1v) is 7.16. The van der Waals surface area contributed by atoms with Crippen molar-refractivity contribution < 1.29 is 4.79 Å². The van der Waals surface area contributed by atoms with Gasteiger partial charge in [0.25, 0.3) is 0 Å². The fraction of sp³-hybridized carbons (Fsp3) is 0.111. The van der Waals surface area contributed by atoms with E-state index in [4.69, 9.17) is 18.0 Å². The topological polar surface area (TPSA) is 32.7 Å². The Balaban J connectivity index is 2.28. The molecular formula is C18H13ClN2O. The molecule has 2 aromatic rings. The quantitative estimate of drug-likeness (QED) is 0.745. The maximum Gasteiger partial charge on any atom is 0.248 e. The SMILES string of the molecule is C#Cc1ccc2c(c1)C(c1ccccc1Cl)=NCC(=O)N2C. The molecular weight excluding hydrogens is 296 g/mol. The van der Waals surface area contributed by atoms with E-state index < -0.39 is 0 Å². The Morgan fingerprint density at radius 1 is 1.23 bits per heavy atom. The first-order chi connectivity index (χ1) is 10.6. The number of rotatable bonds is 1. The van der Waals surface area contributed by atoms with Gasteiger partial charge in [0, 0.05) is 28.8 Å². The van der Waals surface area contributed by atoms with E-state index in [1.165, 1.54) is 0 Å². The average Bonchev–Trinajstić information content (AvgIpc) is 2.66. The summed E-state index contributed by atoms with van der Waals surface area (Å²) >= 11 is 6.30. The van der Waals surface area contributed by atoms with Crippen LogP contribution in [-0.4, -0.2) is 25.2 Å². The third-order valence-electron chi connectivity index (χ3n) is 3.66. The van der Waals surface area contributed by atoms with E-state index in [1.807, 2.05) is 36.4 Å². The van der Waals surface area contributed by atoms with Gasteiger partial charge in [-0.15, -0.1) is 6.42 Å². The monoisotopic (exact) mass is 308 g/mol. The first-order valence-electron chi connectivity index (χ1n) is 6.78. The lowest BCUT2D eigenvalue weighted by atomic mass is 9.98. The number of benzodiazepines with no additional fused rings is 1. The number of benzene rings is 2. The number of nitrogens with zero attached hydrogens (tertiary/aromatic N) is 2. The molecule has 0 spiro atoms. The molecule has 0 radical (unpaired) electrons. The summed E-state index contributed by atoms with van der Waals surface area (Å²) < 4.78 is 0. The first kappa shape index (κ1) is 14.4. The van der Waals surface area contributed by atoms with E-state index in [2.05, 4.69) is 10.9 Å². The summed E-state index contributed by atoms with van der Waals surface area (Å²) in [4.78, 5) is 18.2. The predicted octanol–water partition coefficient (Wildman–Crippen LogP) is 3.14. The maximum atomic E-state index is 12.1. The van der Waals surface area contributed by atoms with Gasteiger partial charge >= 0.3 is 0 Å². The molecule has 1 aliphatic heterocycles. The van der Waals surface area contributed by atoms with Gasteiger partial charge in [0.1, 0.15) is 6.54 Å². The average molecular weight is 309 g/mol.